The molecule has 0 saturated carbocycles. The van der Waals surface area contributed by atoms with Crippen molar-refractivity contribution < 1.29 is 24.1 Å². The van der Waals surface area contributed by atoms with Crippen LogP contribution in [0.15, 0.2) is 17.0 Å². The Hall–Kier alpha value is -2.26. The van der Waals surface area contributed by atoms with Crippen LogP contribution in [0.4, 0.5) is 5.69 Å². The first-order chi connectivity index (χ1) is 11.0. The molecule has 1 atom stereocenters. The maximum Gasteiger partial charge on any atom is 0.293 e. The Labute approximate surface area is 143 Å². The summed E-state index contributed by atoms with van der Waals surface area (Å²) in [7, 11) is 1.28. The fourth-order valence-corrected chi connectivity index (χ4v) is 2.80. The summed E-state index contributed by atoms with van der Waals surface area (Å²) in [6, 6.07) is 2.71. The lowest BCUT2D eigenvalue weighted by atomic mass is 9.83. The molecular formula is C15H16N2O6S. The minimum atomic E-state index is -1.69. The average molecular weight is 352 g/mol. The van der Waals surface area contributed by atoms with Gasteiger partial charge in [0.15, 0.2) is 17.5 Å². The molecule has 128 valence electrons. The number of ketones is 2. The molecule has 1 amide bonds. The van der Waals surface area contributed by atoms with Gasteiger partial charge in [0.1, 0.15) is 5.60 Å². The fourth-order valence-electron chi connectivity index (χ4n) is 2.52. The van der Waals surface area contributed by atoms with E-state index in [4.69, 9.17) is 4.84 Å². The molecule has 0 aliphatic carbocycles. The van der Waals surface area contributed by atoms with Crippen molar-refractivity contribution in [1.29, 1.82) is 0 Å². The zero-order valence-electron chi connectivity index (χ0n) is 13.5. The molecule has 0 radical (unpaired) electrons. The Kier molecular flexibility index (Phi) is 4.51. The molecule has 9 heteroatoms. The van der Waals surface area contributed by atoms with Crippen molar-refractivity contribution in [2.24, 2.45) is 5.92 Å². The summed E-state index contributed by atoms with van der Waals surface area (Å²) < 4.78 is 0. The number of hydroxylamine groups is 2. The monoisotopic (exact) mass is 352 g/mol. The molecule has 2 rings (SSSR count). The van der Waals surface area contributed by atoms with E-state index in [1.807, 2.05) is 0 Å². The van der Waals surface area contributed by atoms with Gasteiger partial charge in [-0.25, -0.2) is 5.06 Å². The van der Waals surface area contributed by atoms with Crippen LogP contribution in [0.2, 0.25) is 0 Å². The molecule has 1 heterocycles. The van der Waals surface area contributed by atoms with Gasteiger partial charge in [-0.2, -0.15) is 0 Å². The van der Waals surface area contributed by atoms with Gasteiger partial charge in [0, 0.05) is 7.05 Å². The molecule has 1 unspecified atom stereocenters. The predicted octanol–water partition coefficient (Wildman–Crippen LogP) is 1.74. The summed E-state index contributed by atoms with van der Waals surface area (Å²) in [6.07, 6.45) is 0. The number of nitrogens with zero attached hydrogens (tertiary/aromatic N) is 2. The van der Waals surface area contributed by atoms with Gasteiger partial charge >= 0.3 is 0 Å². The van der Waals surface area contributed by atoms with E-state index in [9.17, 15) is 24.5 Å². The van der Waals surface area contributed by atoms with Crippen molar-refractivity contribution in [3.63, 3.8) is 0 Å². The Morgan fingerprint density at radius 2 is 1.96 bits per heavy atom. The maximum absolute atomic E-state index is 12.8. The number of hydrogen-bond acceptors (Lipinski definition) is 7. The summed E-state index contributed by atoms with van der Waals surface area (Å²) in [4.78, 5) is 53.3. The van der Waals surface area contributed by atoms with Gasteiger partial charge in [0.2, 0.25) is 0 Å². The second-order valence-electron chi connectivity index (χ2n) is 5.98. The van der Waals surface area contributed by atoms with Gasteiger partial charge in [0.25, 0.3) is 11.6 Å². The van der Waals surface area contributed by atoms with Crippen LogP contribution >= 0.6 is 12.6 Å². The van der Waals surface area contributed by atoms with E-state index >= 15 is 0 Å². The zero-order valence-corrected chi connectivity index (χ0v) is 14.4. The SMILES string of the molecule is Cc1ccc(C(=O)C2C(=O)N(C)OC(C)(C)C2=O)c([N+](=O)[O-])c1S. The Morgan fingerprint density at radius 1 is 1.38 bits per heavy atom. The number of nitro groups is 1. The minimum Gasteiger partial charge on any atom is -0.295 e. The quantitative estimate of drug-likeness (QED) is 0.292. The molecule has 1 aliphatic rings. The van der Waals surface area contributed by atoms with Crippen molar-refractivity contribution in [2.75, 3.05) is 7.05 Å². The lowest BCUT2D eigenvalue weighted by Crippen LogP contribution is -2.57. The van der Waals surface area contributed by atoms with Gasteiger partial charge in [-0.3, -0.25) is 29.3 Å². The molecule has 1 aromatic carbocycles. The first-order valence-corrected chi connectivity index (χ1v) is 7.46. The van der Waals surface area contributed by atoms with Gasteiger partial charge < -0.3 is 0 Å². The number of carbonyl (C=O) groups excluding carboxylic acids is 3. The highest BCUT2D eigenvalue weighted by Crippen LogP contribution is 2.34. The normalized spacial score (nSPS) is 20.2. The number of nitro benzene ring substituents is 1. The third-order valence-electron chi connectivity index (χ3n) is 3.84. The Morgan fingerprint density at radius 3 is 2.50 bits per heavy atom. The number of Topliss-reactive ketones (excluding diaryl/α,β-unsaturated/α-hetero) is 2. The number of hydrogen-bond donors (Lipinski definition) is 1. The predicted molar refractivity (Wildman–Crippen MR) is 85.8 cm³/mol. The Bertz CT molecular complexity index is 773. The first kappa shape index (κ1) is 18.1. The molecular weight excluding hydrogens is 336 g/mol. The topological polar surface area (TPSA) is 107 Å². The van der Waals surface area contributed by atoms with Crippen LogP contribution < -0.4 is 0 Å². The molecule has 1 aliphatic heterocycles. The summed E-state index contributed by atoms with van der Waals surface area (Å²) in [5.41, 5.74) is -1.74. The van der Waals surface area contributed by atoms with Crippen LogP contribution in [0, 0.1) is 23.0 Å². The highest BCUT2D eigenvalue weighted by Gasteiger charge is 2.51. The van der Waals surface area contributed by atoms with Crippen LogP contribution in [0.3, 0.4) is 0 Å². The molecule has 1 aromatic rings. The Balaban J connectivity index is 2.60. The molecule has 0 N–H and O–H groups in total. The number of carbonyl (C=O) groups is 3. The molecule has 1 fully saturated rings. The molecule has 0 aromatic heterocycles. The smallest absolute Gasteiger partial charge is 0.293 e. The number of thiol groups is 1. The summed E-state index contributed by atoms with van der Waals surface area (Å²) in [5, 5.41) is 12.1. The van der Waals surface area contributed by atoms with E-state index in [0.29, 0.717) is 5.56 Å². The largest absolute Gasteiger partial charge is 0.295 e. The van der Waals surface area contributed by atoms with Crippen LogP contribution in [-0.2, 0) is 14.4 Å². The van der Waals surface area contributed by atoms with Crippen molar-refractivity contribution in [2.45, 2.75) is 31.3 Å². The van der Waals surface area contributed by atoms with Gasteiger partial charge in [-0.15, -0.1) is 12.6 Å². The van der Waals surface area contributed by atoms with Gasteiger partial charge in [-0.05, 0) is 32.4 Å². The molecule has 0 bridgehead atoms. The highest BCUT2D eigenvalue weighted by molar-refractivity contribution is 7.80. The second-order valence-corrected chi connectivity index (χ2v) is 6.43. The van der Waals surface area contributed by atoms with E-state index in [1.165, 1.54) is 33.0 Å². The third-order valence-corrected chi connectivity index (χ3v) is 4.41. The standard InChI is InChI=1S/C15H16N2O6S/c1-7-5-6-8(10(12(7)24)17(21)22)11(18)9-13(19)15(2,3)23-16(4)14(9)20/h5-6,9,24H,1-4H3. The van der Waals surface area contributed by atoms with Crippen molar-refractivity contribution in [1.82, 2.24) is 5.06 Å². The fraction of sp³-hybridized carbons (Fsp3) is 0.400. The molecule has 24 heavy (non-hydrogen) atoms. The number of benzene rings is 1. The number of rotatable bonds is 3. The van der Waals surface area contributed by atoms with Crippen molar-refractivity contribution in [3.8, 4) is 0 Å². The second kappa shape index (κ2) is 5.99. The summed E-state index contributed by atoms with van der Waals surface area (Å²) in [6.45, 7) is 4.45. The lowest BCUT2D eigenvalue weighted by molar-refractivity contribution is -0.388. The third kappa shape index (κ3) is 2.80. The van der Waals surface area contributed by atoms with E-state index in [-0.39, 0.29) is 10.5 Å². The van der Waals surface area contributed by atoms with E-state index in [1.54, 1.807) is 6.92 Å². The number of aryl methyl sites for hydroxylation is 1. The highest BCUT2D eigenvalue weighted by atomic mass is 32.1. The first-order valence-electron chi connectivity index (χ1n) is 7.01. The van der Waals surface area contributed by atoms with E-state index in [2.05, 4.69) is 12.6 Å². The minimum absolute atomic E-state index is 0.0189. The lowest BCUT2D eigenvalue weighted by Gasteiger charge is -2.37. The molecule has 0 spiro atoms. The van der Waals surface area contributed by atoms with Crippen molar-refractivity contribution in [3.05, 3.63) is 33.4 Å². The van der Waals surface area contributed by atoms with E-state index < -0.39 is 39.6 Å². The van der Waals surface area contributed by atoms with Crippen LogP contribution in [-0.4, -0.2) is 40.1 Å². The summed E-state index contributed by atoms with van der Waals surface area (Å²) >= 11 is 4.08. The van der Waals surface area contributed by atoms with Crippen LogP contribution in [0.5, 0.6) is 0 Å². The zero-order chi connectivity index (χ0) is 18.4. The average Bonchev–Trinajstić information content (AvgIpc) is 2.47. The van der Waals surface area contributed by atoms with Gasteiger partial charge in [0.05, 0.1) is 15.4 Å². The van der Waals surface area contributed by atoms with E-state index in [0.717, 1.165) is 5.06 Å². The van der Waals surface area contributed by atoms with Crippen molar-refractivity contribution >= 4 is 35.8 Å². The maximum atomic E-state index is 12.8. The molecule has 8 nitrogen and oxygen atoms in total. The number of amides is 1. The van der Waals surface area contributed by atoms with Crippen LogP contribution in [0.1, 0.15) is 29.8 Å². The van der Waals surface area contributed by atoms with Crippen LogP contribution in [0.25, 0.3) is 0 Å². The van der Waals surface area contributed by atoms with Gasteiger partial charge in [-0.1, -0.05) is 6.07 Å². The molecule has 1 saturated heterocycles. The summed E-state index contributed by atoms with van der Waals surface area (Å²) in [5.74, 6) is -4.23.